The van der Waals surface area contributed by atoms with Crippen molar-refractivity contribution in [2.45, 2.75) is 37.6 Å². The number of amides is 1. The third-order valence-corrected chi connectivity index (χ3v) is 4.98. The SMILES string of the molecule is O=C(O)C(F)(F)F.O=C1CC[C@@H](NCc2ccc3c(c2)OCCO3)[C@H](c2ccccc2)N1. The molecule has 0 radical (unpaired) electrons. The minimum absolute atomic E-state index is 0.000314. The van der Waals surface area contributed by atoms with Crippen molar-refractivity contribution in [1.82, 2.24) is 10.6 Å². The molecule has 2 aliphatic heterocycles. The zero-order valence-electron chi connectivity index (χ0n) is 17.0. The number of fused-ring (bicyclic) bond motifs is 1. The van der Waals surface area contributed by atoms with Gasteiger partial charge < -0.3 is 25.2 Å². The van der Waals surface area contributed by atoms with Crippen LogP contribution in [0.2, 0.25) is 0 Å². The molecule has 4 rings (SSSR count). The van der Waals surface area contributed by atoms with Crippen LogP contribution >= 0.6 is 0 Å². The Balaban J connectivity index is 0.000000360. The van der Waals surface area contributed by atoms with Crippen molar-refractivity contribution >= 4 is 11.9 Å². The lowest BCUT2D eigenvalue weighted by atomic mass is 9.92. The molecule has 0 aromatic heterocycles. The molecule has 172 valence electrons. The van der Waals surface area contributed by atoms with E-state index in [1.807, 2.05) is 30.3 Å². The monoisotopic (exact) mass is 452 g/mol. The average Bonchev–Trinajstić information content (AvgIpc) is 2.78. The second-order valence-electron chi connectivity index (χ2n) is 7.26. The molecule has 32 heavy (non-hydrogen) atoms. The molecule has 2 atom stereocenters. The number of carbonyl (C=O) groups is 2. The van der Waals surface area contributed by atoms with E-state index in [1.54, 1.807) is 0 Å². The van der Waals surface area contributed by atoms with Crippen LogP contribution in [0, 0.1) is 0 Å². The van der Waals surface area contributed by atoms with Crippen molar-refractivity contribution in [2.75, 3.05) is 13.2 Å². The lowest BCUT2D eigenvalue weighted by Gasteiger charge is -2.33. The first kappa shape index (κ1) is 23.4. The van der Waals surface area contributed by atoms with Crippen molar-refractivity contribution < 1.29 is 37.3 Å². The van der Waals surface area contributed by atoms with Crippen molar-refractivity contribution in [1.29, 1.82) is 0 Å². The molecule has 3 N–H and O–H groups in total. The summed E-state index contributed by atoms with van der Waals surface area (Å²) in [5.41, 5.74) is 2.28. The summed E-state index contributed by atoms with van der Waals surface area (Å²) in [6, 6.07) is 16.4. The van der Waals surface area contributed by atoms with Gasteiger partial charge in [-0.3, -0.25) is 4.79 Å². The highest BCUT2D eigenvalue weighted by molar-refractivity contribution is 5.77. The van der Waals surface area contributed by atoms with E-state index in [0.29, 0.717) is 19.6 Å². The molecule has 2 aromatic rings. The highest BCUT2D eigenvalue weighted by Gasteiger charge is 2.38. The van der Waals surface area contributed by atoms with Crippen LogP contribution in [-0.2, 0) is 16.1 Å². The summed E-state index contributed by atoms with van der Waals surface area (Å²) in [4.78, 5) is 20.8. The van der Waals surface area contributed by atoms with Gasteiger partial charge in [0.1, 0.15) is 13.2 Å². The Hall–Kier alpha value is -3.27. The Kier molecular flexibility index (Phi) is 7.57. The summed E-state index contributed by atoms with van der Waals surface area (Å²) in [5, 5.41) is 13.9. The normalized spacial score (nSPS) is 19.9. The fourth-order valence-corrected chi connectivity index (χ4v) is 3.44. The molecule has 2 aliphatic rings. The van der Waals surface area contributed by atoms with Crippen molar-refractivity contribution in [3.05, 3.63) is 59.7 Å². The van der Waals surface area contributed by atoms with Gasteiger partial charge >= 0.3 is 12.1 Å². The molecule has 0 spiro atoms. The third kappa shape index (κ3) is 6.36. The number of carbonyl (C=O) groups excluding carboxylic acids is 1. The van der Waals surface area contributed by atoms with E-state index in [2.05, 4.69) is 28.8 Å². The molecular weight excluding hydrogens is 429 g/mol. The summed E-state index contributed by atoms with van der Waals surface area (Å²) < 4.78 is 43.0. The van der Waals surface area contributed by atoms with Gasteiger partial charge in [0.2, 0.25) is 5.91 Å². The molecule has 2 aromatic carbocycles. The minimum Gasteiger partial charge on any atom is -0.486 e. The van der Waals surface area contributed by atoms with Gasteiger partial charge in [0.25, 0.3) is 0 Å². The first-order chi connectivity index (χ1) is 15.2. The molecule has 1 saturated heterocycles. The first-order valence-corrected chi connectivity index (χ1v) is 10.0. The van der Waals surface area contributed by atoms with E-state index in [4.69, 9.17) is 19.4 Å². The van der Waals surface area contributed by atoms with Crippen molar-refractivity contribution in [2.24, 2.45) is 0 Å². The number of rotatable bonds is 4. The fraction of sp³-hybridized carbons (Fsp3) is 0.364. The zero-order chi connectivity index (χ0) is 23.1. The quantitative estimate of drug-likeness (QED) is 0.659. The van der Waals surface area contributed by atoms with Crippen molar-refractivity contribution in [3.8, 4) is 11.5 Å². The predicted molar refractivity (Wildman–Crippen MR) is 108 cm³/mol. The highest BCUT2D eigenvalue weighted by Crippen LogP contribution is 2.31. The Morgan fingerprint density at radius 1 is 1.09 bits per heavy atom. The smallest absolute Gasteiger partial charge is 0.486 e. The van der Waals surface area contributed by atoms with Gasteiger partial charge in [0.05, 0.1) is 6.04 Å². The number of nitrogens with one attached hydrogen (secondary N) is 2. The van der Waals surface area contributed by atoms with E-state index in [1.165, 1.54) is 0 Å². The van der Waals surface area contributed by atoms with Gasteiger partial charge in [-0.25, -0.2) is 4.79 Å². The molecule has 0 unspecified atom stereocenters. The maximum Gasteiger partial charge on any atom is 0.490 e. The van der Waals surface area contributed by atoms with E-state index in [0.717, 1.165) is 35.6 Å². The number of piperidine rings is 1. The number of benzene rings is 2. The molecule has 10 heteroatoms. The number of carboxylic acid groups (broad SMARTS) is 1. The largest absolute Gasteiger partial charge is 0.490 e. The van der Waals surface area contributed by atoms with Crippen LogP contribution in [-0.4, -0.2) is 42.4 Å². The summed E-state index contributed by atoms with van der Waals surface area (Å²) >= 11 is 0. The van der Waals surface area contributed by atoms with Crippen LogP contribution in [0.4, 0.5) is 13.2 Å². The van der Waals surface area contributed by atoms with E-state index >= 15 is 0 Å². The van der Waals surface area contributed by atoms with Gasteiger partial charge in [-0.15, -0.1) is 0 Å². The maximum absolute atomic E-state index is 11.9. The molecule has 1 fully saturated rings. The third-order valence-electron chi connectivity index (χ3n) is 4.98. The van der Waals surface area contributed by atoms with Gasteiger partial charge in [-0.1, -0.05) is 36.4 Å². The van der Waals surface area contributed by atoms with E-state index in [9.17, 15) is 18.0 Å². The van der Waals surface area contributed by atoms with Gasteiger partial charge in [-0.05, 0) is 29.7 Å². The number of hydrogen-bond acceptors (Lipinski definition) is 5. The Morgan fingerprint density at radius 3 is 2.41 bits per heavy atom. The number of ether oxygens (including phenoxy) is 2. The Labute approximate surface area is 182 Å². The van der Waals surface area contributed by atoms with Crippen LogP contribution in [0.15, 0.2) is 48.5 Å². The van der Waals surface area contributed by atoms with Gasteiger partial charge in [0, 0.05) is 19.0 Å². The molecule has 0 bridgehead atoms. The molecular formula is C22H23F3N2O5. The Bertz CT molecular complexity index is 937. The fourth-order valence-electron chi connectivity index (χ4n) is 3.44. The summed E-state index contributed by atoms with van der Waals surface area (Å²) in [7, 11) is 0. The van der Waals surface area contributed by atoms with E-state index < -0.39 is 12.1 Å². The standard InChI is InChI=1S/C20H22N2O3.C2HF3O2/c23-19-9-7-16(20(22-19)15-4-2-1-3-5-15)21-13-14-6-8-17-18(12-14)25-11-10-24-17;3-2(4,5)1(6)7/h1-6,8,12,16,20-21H,7,9-11,13H2,(H,22,23);(H,6,7)/t16-,20+;/m1./s1. The van der Waals surface area contributed by atoms with Crippen LogP contribution < -0.4 is 20.1 Å². The second-order valence-corrected chi connectivity index (χ2v) is 7.26. The number of aliphatic carboxylic acids is 1. The van der Waals surface area contributed by atoms with Gasteiger partial charge in [-0.2, -0.15) is 13.2 Å². The lowest BCUT2D eigenvalue weighted by molar-refractivity contribution is -0.192. The van der Waals surface area contributed by atoms with Crippen LogP contribution in [0.1, 0.15) is 30.0 Å². The maximum atomic E-state index is 11.9. The first-order valence-electron chi connectivity index (χ1n) is 10.0. The Morgan fingerprint density at radius 2 is 1.75 bits per heavy atom. The zero-order valence-corrected chi connectivity index (χ0v) is 17.0. The minimum atomic E-state index is -5.08. The van der Waals surface area contributed by atoms with Crippen LogP contribution in [0.5, 0.6) is 11.5 Å². The van der Waals surface area contributed by atoms with Crippen LogP contribution in [0.25, 0.3) is 0 Å². The number of halogens is 3. The van der Waals surface area contributed by atoms with Crippen LogP contribution in [0.3, 0.4) is 0 Å². The molecule has 1 amide bonds. The molecule has 0 saturated carbocycles. The molecule has 0 aliphatic carbocycles. The summed E-state index contributed by atoms with van der Waals surface area (Å²) in [6.45, 7) is 1.92. The number of hydrogen-bond donors (Lipinski definition) is 3. The lowest BCUT2D eigenvalue weighted by Crippen LogP contribution is -2.48. The second kappa shape index (κ2) is 10.4. The average molecular weight is 452 g/mol. The molecule has 2 heterocycles. The predicted octanol–water partition coefficient (Wildman–Crippen LogP) is 3.20. The summed E-state index contributed by atoms with van der Waals surface area (Å²) in [6.07, 6.45) is -3.70. The highest BCUT2D eigenvalue weighted by atomic mass is 19.4. The number of alkyl halides is 3. The summed E-state index contributed by atoms with van der Waals surface area (Å²) in [5.74, 6) is -1.03. The van der Waals surface area contributed by atoms with E-state index in [-0.39, 0.29) is 18.0 Å². The molecule has 7 nitrogen and oxygen atoms in total. The topological polar surface area (TPSA) is 96.9 Å². The number of carboxylic acids is 1. The van der Waals surface area contributed by atoms with Gasteiger partial charge in [0.15, 0.2) is 11.5 Å². The van der Waals surface area contributed by atoms with Crippen molar-refractivity contribution in [3.63, 3.8) is 0 Å².